The Morgan fingerprint density at radius 1 is 1.08 bits per heavy atom. The van der Waals surface area contributed by atoms with Crippen molar-refractivity contribution in [3.8, 4) is 11.8 Å². The predicted octanol–water partition coefficient (Wildman–Crippen LogP) is 4.32. The molecule has 0 unspecified atom stereocenters. The van der Waals surface area contributed by atoms with E-state index in [1.54, 1.807) is 0 Å². The van der Waals surface area contributed by atoms with Crippen LogP contribution in [0.5, 0.6) is 0 Å². The second kappa shape index (κ2) is 9.39. The molecule has 0 aromatic carbocycles. The van der Waals surface area contributed by atoms with Crippen LogP contribution in [0.15, 0.2) is 12.2 Å². The van der Waals surface area contributed by atoms with E-state index in [1.807, 2.05) is 0 Å². The van der Waals surface area contributed by atoms with Gasteiger partial charge in [0.2, 0.25) is 0 Å². The minimum atomic E-state index is 1.04. The summed E-state index contributed by atoms with van der Waals surface area (Å²) in [5, 5.41) is 0. The minimum absolute atomic E-state index is 1.04. The van der Waals surface area contributed by atoms with Crippen LogP contribution >= 0.6 is 0 Å². The maximum absolute atomic E-state index is 3.94. The first-order valence-electron chi connectivity index (χ1n) is 5.47. The Balaban J connectivity index is 3.40. The molecule has 74 valence electrons. The van der Waals surface area contributed by atoms with Gasteiger partial charge < -0.3 is 0 Å². The number of rotatable bonds is 6. The Labute approximate surface area is 83.4 Å². The third-order valence-electron chi connectivity index (χ3n) is 2.00. The zero-order chi connectivity index (χ0) is 9.94. The quantitative estimate of drug-likeness (QED) is 0.420. The smallest absolute Gasteiger partial charge is 0.00923 e. The van der Waals surface area contributed by atoms with Gasteiger partial charge in [-0.05, 0) is 24.8 Å². The molecule has 0 saturated heterocycles. The van der Waals surface area contributed by atoms with Crippen molar-refractivity contribution in [1.82, 2.24) is 0 Å². The highest BCUT2D eigenvalue weighted by Gasteiger charge is 1.87. The van der Waals surface area contributed by atoms with Crippen molar-refractivity contribution in [3.63, 3.8) is 0 Å². The lowest BCUT2D eigenvalue weighted by Crippen LogP contribution is -1.77. The number of allylic oxidation sites excluding steroid dienone is 1. The summed E-state index contributed by atoms with van der Waals surface area (Å²) >= 11 is 0. The largest absolute Gasteiger partial charge is 0.0983 e. The van der Waals surface area contributed by atoms with Crippen LogP contribution in [-0.2, 0) is 0 Å². The molecule has 0 nitrogen and oxygen atoms in total. The lowest BCUT2D eigenvalue weighted by atomic mass is 10.1. The monoisotopic (exact) mass is 178 g/mol. The Morgan fingerprint density at radius 2 is 1.77 bits per heavy atom. The van der Waals surface area contributed by atoms with E-state index in [4.69, 9.17) is 0 Å². The predicted molar refractivity (Wildman–Crippen MR) is 60.6 cm³/mol. The van der Waals surface area contributed by atoms with Gasteiger partial charge in [0.25, 0.3) is 0 Å². The van der Waals surface area contributed by atoms with Crippen LogP contribution in [0.2, 0.25) is 0 Å². The average molecular weight is 178 g/mol. The zero-order valence-electron chi connectivity index (χ0n) is 9.16. The summed E-state index contributed by atoms with van der Waals surface area (Å²) in [6.07, 6.45) is 8.40. The lowest BCUT2D eigenvalue weighted by molar-refractivity contribution is 0.737. The first-order chi connectivity index (χ1) is 6.31. The van der Waals surface area contributed by atoms with Crippen molar-refractivity contribution in [2.75, 3.05) is 0 Å². The maximum Gasteiger partial charge on any atom is 0.00923 e. The highest BCUT2D eigenvalue weighted by atomic mass is 13.9. The molecule has 0 aliphatic heterocycles. The molecule has 0 amide bonds. The van der Waals surface area contributed by atoms with Crippen molar-refractivity contribution >= 4 is 0 Å². The molecule has 0 spiro atoms. The number of unbranched alkanes of at least 4 members (excludes halogenated alkanes) is 4. The number of hydrogen-bond acceptors (Lipinski definition) is 0. The maximum atomic E-state index is 3.94. The summed E-state index contributed by atoms with van der Waals surface area (Å²) in [6, 6.07) is 0. The van der Waals surface area contributed by atoms with Crippen LogP contribution in [0.1, 0.15) is 58.8 Å². The molecule has 0 heteroatoms. The zero-order valence-corrected chi connectivity index (χ0v) is 9.16. The molecule has 0 heterocycles. The van der Waals surface area contributed by atoms with E-state index in [0.717, 1.165) is 18.4 Å². The molecular weight excluding hydrogens is 156 g/mol. The Kier molecular flexibility index (Phi) is 8.88. The first kappa shape index (κ1) is 12.3. The fraction of sp³-hybridized carbons (Fsp3) is 0.692. The van der Waals surface area contributed by atoms with Gasteiger partial charge in [0, 0.05) is 6.42 Å². The summed E-state index contributed by atoms with van der Waals surface area (Å²) in [4.78, 5) is 0. The second-order valence-electron chi connectivity index (χ2n) is 3.47. The van der Waals surface area contributed by atoms with E-state index < -0.39 is 0 Å². The van der Waals surface area contributed by atoms with Gasteiger partial charge in [0.1, 0.15) is 0 Å². The number of hydrogen-bond donors (Lipinski definition) is 0. The van der Waals surface area contributed by atoms with Gasteiger partial charge in [-0.15, -0.1) is 0 Å². The Bertz CT molecular complexity index is 178. The molecule has 0 rings (SSSR count). The average Bonchev–Trinajstić information content (AvgIpc) is 2.14. The van der Waals surface area contributed by atoms with Crippen molar-refractivity contribution in [2.45, 2.75) is 58.8 Å². The lowest BCUT2D eigenvalue weighted by Gasteiger charge is -1.93. The van der Waals surface area contributed by atoms with Crippen LogP contribution in [-0.4, -0.2) is 0 Å². The van der Waals surface area contributed by atoms with Crippen LogP contribution in [0, 0.1) is 11.8 Å². The molecule has 0 bridgehead atoms. The highest BCUT2D eigenvalue weighted by Crippen LogP contribution is 2.03. The van der Waals surface area contributed by atoms with E-state index in [-0.39, 0.29) is 0 Å². The van der Waals surface area contributed by atoms with Crippen molar-refractivity contribution in [3.05, 3.63) is 12.2 Å². The van der Waals surface area contributed by atoms with Crippen LogP contribution in [0.25, 0.3) is 0 Å². The van der Waals surface area contributed by atoms with Gasteiger partial charge in [0.05, 0.1) is 0 Å². The van der Waals surface area contributed by atoms with Gasteiger partial charge in [-0.2, -0.15) is 0 Å². The van der Waals surface area contributed by atoms with E-state index in [0.29, 0.717) is 0 Å². The fourth-order valence-corrected chi connectivity index (χ4v) is 1.10. The minimum Gasteiger partial charge on any atom is -0.0983 e. The molecule has 0 saturated carbocycles. The molecule has 0 aliphatic carbocycles. The summed E-state index contributed by atoms with van der Waals surface area (Å²) in [7, 11) is 0. The summed E-state index contributed by atoms with van der Waals surface area (Å²) in [6.45, 7) is 8.35. The Morgan fingerprint density at radius 3 is 2.38 bits per heavy atom. The van der Waals surface area contributed by atoms with Crippen LogP contribution < -0.4 is 0 Å². The van der Waals surface area contributed by atoms with E-state index in [2.05, 4.69) is 32.3 Å². The standard InChI is InChI=1S/C13H22/c1-4-6-8-9-10-12-13(3)11-7-5-2/h3-9,11H2,1-2H3. The normalized spacial score (nSPS) is 9.08. The van der Waals surface area contributed by atoms with Crippen LogP contribution in [0.4, 0.5) is 0 Å². The van der Waals surface area contributed by atoms with E-state index in [9.17, 15) is 0 Å². The van der Waals surface area contributed by atoms with E-state index in [1.165, 1.54) is 32.1 Å². The molecule has 0 aliphatic rings. The van der Waals surface area contributed by atoms with Gasteiger partial charge in [-0.3, -0.25) is 0 Å². The van der Waals surface area contributed by atoms with E-state index >= 15 is 0 Å². The van der Waals surface area contributed by atoms with Gasteiger partial charge in [0.15, 0.2) is 0 Å². The fourth-order valence-electron chi connectivity index (χ4n) is 1.10. The van der Waals surface area contributed by atoms with Crippen molar-refractivity contribution in [2.24, 2.45) is 0 Å². The molecule has 0 aromatic rings. The molecule has 0 radical (unpaired) electrons. The topological polar surface area (TPSA) is 0 Å². The molecule has 0 fully saturated rings. The van der Waals surface area contributed by atoms with Gasteiger partial charge in [-0.25, -0.2) is 0 Å². The van der Waals surface area contributed by atoms with Gasteiger partial charge >= 0.3 is 0 Å². The Hall–Kier alpha value is -0.700. The van der Waals surface area contributed by atoms with Gasteiger partial charge in [-0.1, -0.05) is 51.5 Å². The van der Waals surface area contributed by atoms with Crippen molar-refractivity contribution in [1.29, 1.82) is 0 Å². The summed E-state index contributed by atoms with van der Waals surface area (Å²) in [5.41, 5.74) is 1.11. The third kappa shape index (κ3) is 9.21. The molecular formula is C13H22. The molecule has 13 heavy (non-hydrogen) atoms. The highest BCUT2D eigenvalue weighted by molar-refractivity contribution is 5.25. The summed E-state index contributed by atoms with van der Waals surface area (Å²) < 4.78 is 0. The second-order valence-corrected chi connectivity index (χ2v) is 3.47. The molecule has 0 atom stereocenters. The molecule has 0 N–H and O–H groups in total. The third-order valence-corrected chi connectivity index (χ3v) is 2.00. The first-order valence-corrected chi connectivity index (χ1v) is 5.47. The molecule has 0 aromatic heterocycles. The summed E-state index contributed by atoms with van der Waals surface area (Å²) in [5.74, 6) is 6.31. The SMILES string of the molecule is C=C(C#CCCCCC)CCCC. The van der Waals surface area contributed by atoms with Crippen LogP contribution in [0.3, 0.4) is 0 Å². The van der Waals surface area contributed by atoms with Crippen molar-refractivity contribution < 1.29 is 0 Å².